The van der Waals surface area contributed by atoms with Gasteiger partial charge in [-0.1, -0.05) is 29.8 Å². The number of H-pyrrole nitrogens is 1. The van der Waals surface area contributed by atoms with Crippen LogP contribution in [0.25, 0.3) is 11.4 Å². The molecule has 0 aliphatic rings. The van der Waals surface area contributed by atoms with Crippen LogP contribution >= 0.6 is 28.1 Å². The first-order chi connectivity index (χ1) is 11.6. The van der Waals surface area contributed by atoms with Crippen molar-refractivity contribution in [3.05, 3.63) is 62.8 Å². The van der Waals surface area contributed by atoms with Crippen molar-refractivity contribution >= 4 is 34.4 Å². The number of aryl methyl sites for hydroxylation is 1. The summed E-state index contributed by atoms with van der Waals surface area (Å²) in [4.78, 5) is 0. The van der Waals surface area contributed by atoms with Crippen molar-refractivity contribution in [3.8, 4) is 17.1 Å². The summed E-state index contributed by atoms with van der Waals surface area (Å²) in [6, 6.07) is 13.8. The molecule has 24 heavy (non-hydrogen) atoms. The first-order valence-electron chi connectivity index (χ1n) is 7.21. The Morgan fingerprint density at radius 1 is 1.25 bits per heavy atom. The van der Waals surface area contributed by atoms with E-state index in [9.17, 15) is 0 Å². The molecule has 0 aliphatic carbocycles. The number of rotatable bonds is 4. The van der Waals surface area contributed by atoms with Crippen LogP contribution in [-0.2, 0) is 0 Å². The summed E-state index contributed by atoms with van der Waals surface area (Å²) in [7, 11) is 1.63. The quantitative estimate of drug-likeness (QED) is 0.513. The molecule has 0 saturated carbocycles. The highest BCUT2D eigenvalue weighted by atomic mass is 79.9. The zero-order valence-corrected chi connectivity index (χ0v) is 15.6. The average Bonchev–Trinajstić information content (AvgIpc) is 2.94. The summed E-state index contributed by atoms with van der Waals surface area (Å²) in [6.07, 6.45) is 1.73. The van der Waals surface area contributed by atoms with E-state index in [0.717, 1.165) is 21.3 Å². The Kier molecular flexibility index (Phi) is 4.92. The van der Waals surface area contributed by atoms with Gasteiger partial charge in [0.15, 0.2) is 5.82 Å². The predicted molar refractivity (Wildman–Crippen MR) is 101 cm³/mol. The standard InChI is InChI=1S/C17H15BrN4OS/c1-11-3-6-13(7-4-11)16-20-21-17(24)22(16)19-10-12-5-8-15(23-2)14(18)9-12/h3-10H,1-2H3,(H,21,24). The average molecular weight is 403 g/mol. The number of nitrogens with zero attached hydrogens (tertiary/aromatic N) is 3. The van der Waals surface area contributed by atoms with Crippen molar-refractivity contribution < 1.29 is 4.74 Å². The maximum atomic E-state index is 5.28. The van der Waals surface area contributed by atoms with Crippen LogP contribution in [0.4, 0.5) is 0 Å². The summed E-state index contributed by atoms with van der Waals surface area (Å²) in [5.74, 6) is 1.44. The summed E-state index contributed by atoms with van der Waals surface area (Å²) >= 11 is 8.75. The van der Waals surface area contributed by atoms with Crippen molar-refractivity contribution in [2.24, 2.45) is 5.10 Å². The Bertz CT molecular complexity index is 944. The smallest absolute Gasteiger partial charge is 0.216 e. The molecule has 1 N–H and O–H groups in total. The fraction of sp³-hybridized carbons (Fsp3) is 0.118. The van der Waals surface area contributed by atoms with Crippen LogP contribution in [0.15, 0.2) is 52.0 Å². The molecule has 5 nitrogen and oxygen atoms in total. The number of halogens is 1. The third-order valence-electron chi connectivity index (χ3n) is 3.46. The molecule has 0 amide bonds. The van der Waals surface area contributed by atoms with Crippen molar-refractivity contribution in [2.75, 3.05) is 7.11 Å². The number of aromatic amines is 1. The van der Waals surface area contributed by atoms with Gasteiger partial charge in [0.25, 0.3) is 0 Å². The second-order valence-electron chi connectivity index (χ2n) is 5.17. The van der Waals surface area contributed by atoms with Crippen LogP contribution in [0.2, 0.25) is 0 Å². The minimum absolute atomic E-state index is 0.439. The van der Waals surface area contributed by atoms with Crippen LogP contribution in [-0.4, -0.2) is 28.2 Å². The number of hydrogen-bond acceptors (Lipinski definition) is 4. The summed E-state index contributed by atoms with van der Waals surface area (Å²) in [5.41, 5.74) is 3.05. The largest absolute Gasteiger partial charge is 0.496 e. The number of benzene rings is 2. The van der Waals surface area contributed by atoms with Gasteiger partial charge in [0.2, 0.25) is 4.77 Å². The zero-order chi connectivity index (χ0) is 17.1. The van der Waals surface area contributed by atoms with Gasteiger partial charge in [-0.2, -0.15) is 14.9 Å². The Balaban J connectivity index is 1.96. The van der Waals surface area contributed by atoms with Crippen LogP contribution < -0.4 is 4.74 Å². The molecule has 3 rings (SSSR count). The molecule has 0 bridgehead atoms. The summed E-state index contributed by atoms with van der Waals surface area (Å²) < 4.78 is 8.14. The van der Waals surface area contributed by atoms with Crippen molar-refractivity contribution in [3.63, 3.8) is 0 Å². The van der Waals surface area contributed by atoms with E-state index in [0.29, 0.717) is 10.6 Å². The SMILES string of the molecule is COc1ccc(C=Nn2c(-c3ccc(C)cc3)n[nH]c2=S)cc1Br. The number of aromatic nitrogens is 3. The van der Waals surface area contributed by atoms with Crippen LogP contribution in [0, 0.1) is 11.7 Å². The second kappa shape index (κ2) is 7.11. The highest BCUT2D eigenvalue weighted by molar-refractivity contribution is 9.10. The molecule has 122 valence electrons. The maximum absolute atomic E-state index is 5.28. The van der Waals surface area contributed by atoms with Gasteiger partial charge in [0.05, 0.1) is 17.8 Å². The highest BCUT2D eigenvalue weighted by Crippen LogP contribution is 2.25. The van der Waals surface area contributed by atoms with E-state index in [1.54, 1.807) is 18.0 Å². The Morgan fingerprint density at radius 3 is 2.67 bits per heavy atom. The van der Waals surface area contributed by atoms with Gasteiger partial charge in [-0.3, -0.25) is 0 Å². The third kappa shape index (κ3) is 3.47. The molecule has 0 saturated heterocycles. The van der Waals surface area contributed by atoms with Crippen molar-refractivity contribution in [2.45, 2.75) is 6.92 Å². The Morgan fingerprint density at radius 2 is 2.00 bits per heavy atom. The molecule has 1 aromatic heterocycles. The van der Waals surface area contributed by atoms with E-state index in [1.807, 2.05) is 49.4 Å². The van der Waals surface area contributed by atoms with E-state index in [2.05, 4.69) is 31.2 Å². The first-order valence-corrected chi connectivity index (χ1v) is 8.41. The number of ether oxygens (including phenoxy) is 1. The molecule has 3 aromatic rings. The lowest BCUT2D eigenvalue weighted by Crippen LogP contribution is -1.95. The highest BCUT2D eigenvalue weighted by Gasteiger charge is 2.08. The fourth-order valence-corrected chi connectivity index (χ4v) is 2.91. The number of hydrogen-bond donors (Lipinski definition) is 1. The Labute approximate surface area is 153 Å². The van der Waals surface area contributed by atoms with Crippen LogP contribution in [0.3, 0.4) is 0 Å². The van der Waals surface area contributed by atoms with E-state index in [-0.39, 0.29) is 0 Å². The molecule has 0 fully saturated rings. The van der Waals surface area contributed by atoms with Gasteiger partial charge < -0.3 is 4.74 Å². The molecule has 2 aromatic carbocycles. The topological polar surface area (TPSA) is 55.2 Å². The lowest BCUT2D eigenvalue weighted by atomic mass is 10.1. The fourth-order valence-electron chi connectivity index (χ4n) is 2.18. The molecule has 0 aliphatic heterocycles. The number of nitrogens with one attached hydrogen (secondary N) is 1. The van der Waals surface area contributed by atoms with Gasteiger partial charge in [0.1, 0.15) is 5.75 Å². The third-order valence-corrected chi connectivity index (χ3v) is 4.34. The zero-order valence-electron chi connectivity index (χ0n) is 13.2. The minimum Gasteiger partial charge on any atom is -0.496 e. The molecule has 0 atom stereocenters. The lowest BCUT2D eigenvalue weighted by molar-refractivity contribution is 0.412. The number of methoxy groups -OCH3 is 1. The normalized spacial score (nSPS) is 11.1. The van der Waals surface area contributed by atoms with Gasteiger partial charge in [-0.25, -0.2) is 5.10 Å². The molecular formula is C17H15BrN4OS. The van der Waals surface area contributed by atoms with Crippen LogP contribution in [0.5, 0.6) is 5.75 Å². The Hall–Kier alpha value is -2.25. The van der Waals surface area contributed by atoms with Gasteiger partial charge in [-0.15, -0.1) is 0 Å². The molecule has 0 unspecified atom stereocenters. The molecule has 0 spiro atoms. The lowest BCUT2D eigenvalue weighted by Gasteiger charge is -2.04. The molecular weight excluding hydrogens is 388 g/mol. The first kappa shape index (κ1) is 16.6. The van der Waals surface area contributed by atoms with Crippen LogP contribution in [0.1, 0.15) is 11.1 Å². The van der Waals surface area contributed by atoms with E-state index < -0.39 is 0 Å². The monoisotopic (exact) mass is 402 g/mol. The van der Waals surface area contributed by atoms with Gasteiger partial charge in [-0.05, 0) is 58.8 Å². The molecule has 7 heteroatoms. The second-order valence-corrected chi connectivity index (χ2v) is 6.41. The van der Waals surface area contributed by atoms with E-state index in [1.165, 1.54) is 5.56 Å². The molecule has 1 heterocycles. The molecule has 0 radical (unpaired) electrons. The predicted octanol–water partition coefficient (Wildman–Crippen LogP) is 4.57. The van der Waals surface area contributed by atoms with Crippen molar-refractivity contribution in [1.29, 1.82) is 0 Å². The summed E-state index contributed by atoms with van der Waals surface area (Å²) in [5, 5.41) is 11.5. The minimum atomic E-state index is 0.439. The van der Waals surface area contributed by atoms with E-state index in [4.69, 9.17) is 17.0 Å². The van der Waals surface area contributed by atoms with E-state index >= 15 is 0 Å². The van der Waals surface area contributed by atoms with Gasteiger partial charge >= 0.3 is 0 Å². The van der Waals surface area contributed by atoms with Crippen molar-refractivity contribution in [1.82, 2.24) is 14.9 Å². The summed E-state index contributed by atoms with van der Waals surface area (Å²) in [6.45, 7) is 2.04. The van der Waals surface area contributed by atoms with Gasteiger partial charge in [0, 0.05) is 5.56 Å². The maximum Gasteiger partial charge on any atom is 0.216 e.